The van der Waals surface area contributed by atoms with E-state index in [2.05, 4.69) is 219 Å². The second-order valence-electron chi connectivity index (χ2n) is 16.4. The first-order chi connectivity index (χ1) is 28.5. The summed E-state index contributed by atoms with van der Waals surface area (Å²) in [7, 11) is 0. The highest BCUT2D eigenvalue weighted by atomic mass is 32.2. The number of anilines is 3. The van der Waals surface area contributed by atoms with E-state index in [4.69, 9.17) is 0 Å². The van der Waals surface area contributed by atoms with Gasteiger partial charge in [0.15, 0.2) is 0 Å². The number of fused-ring (bicyclic) bond motifs is 14. The van der Waals surface area contributed by atoms with Gasteiger partial charge in [-0.05, 0) is 126 Å². The number of benzene rings is 9. The summed E-state index contributed by atoms with van der Waals surface area (Å²) in [6.07, 6.45) is 0. The van der Waals surface area contributed by atoms with Crippen LogP contribution in [0.15, 0.2) is 210 Å². The van der Waals surface area contributed by atoms with E-state index in [9.17, 15) is 0 Å². The largest absolute Gasteiger partial charge is 0.310 e. The molecule has 274 valence electrons. The standard InChI is InChI=1S/C56H39NS/c1-55(2)47-21-11-8-18-43(47)46-31-30-41(35-51(46)55)57(39-15-4-3-5-16-39)40-28-24-36(25-29-40)38-27-33-53-52(34-38)56(50-32-26-37-14-6-7-17-42(37)54(50)58-53)48-22-12-9-19-44(48)45-20-10-13-23-49(45)56/h3-35H,1-2H3. The summed E-state index contributed by atoms with van der Waals surface area (Å²) in [6.45, 7) is 4.71. The predicted molar refractivity (Wildman–Crippen MR) is 243 cm³/mol. The lowest BCUT2D eigenvalue weighted by molar-refractivity contribution is 0.660. The van der Waals surface area contributed by atoms with Crippen molar-refractivity contribution in [3.8, 4) is 33.4 Å². The monoisotopic (exact) mass is 757 g/mol. The molecule has 0 fully saturated rings. The summed E-state index contributed by atoms with van der Waals surface area (Å²) in [5.41, 5.74) is 18.9. The van der Waals surface area contributed by atoms with E-state index in [1.807, 2.05) is 11.8 Å². The van der Waals surface area contributed by atoms with Crippen molar-refractivity contribution in [3.05, 3.63) is 234 Å². The van der Waals surface area contributed by atoms with Crippen molar-refractivity contribution in [2.75, 3.05) is 4.90 Å². The van der Waals surface area contributed by atoms with Gasteiger partial charge in [-0.15, -0.1) is 0 Å². The molecule has 0 atom stereocenters. The molecule has 1 heterocycles. The average molecular weight is 758 g/mol. The molecule has 3 aliphatic rings. The van der Waals surface area contributed by atoms with Crippen LogP contribution in [0.25, 0.3) is 44.2 Å². The van der Waals surface area contributed by atoms with Crippen LogP contribution in [0, 0.1) is 0 Å². The topological polar surface area (TPSA) is 3.24 Å². The lowest BCUT2D eigenvalue weighted by atomic mass is 9.66. The van der Waals surface area contributed by atoms with Gasteiger partial charge in [0.05, 0.1) is 5.41 Å². The van der Waals surface area contributed by atoms with Crippen molar-refractivity contribution < 1.29 is 0 Å². The molecule has 12 rings (SSSR count). The molecular formula is C56H39NS. The zero-order valence-electron chi connectivity index (χ0n) is 32.4. The zero-order chi connectivity index (χ0) is 38.6. The van der Waals surface area contributed by atoms with Crippen LogP contribution in [0.2, 0.25) is 0 Å². The lowest BCUT2D eigenvalue weighted by Gasteiger charge is -2.40. The third-order valence-corrected chi connectivity index (χ3v) is 14.3. The third-order valence-electron chi connectivity index (χ3n) is 13.1. The molecule has 0 aromatic heterocycles. The van der Waals surface area contributed by atoms with E-state index in [1.165, 1.54) is 87.3 Å². The summed E-state index contributed by atoms with van der Waals surface area (Å²) in [4.78, 5) is 5.07. The van der Waals surface area contributed by atoms with Crippen molar-refractivity contribution in [1.82, 2.24) is 0 Å². The fraction of sp³-hybridized carbons (Fsp3) is 0.0714. The fourth-order valence-electron chi connectivity index (χ4n) is 10.5. The van der Waals surface area contributed by atoms with Gasteiger partial charge in [0.1, 0.15) is 0 Å². The minimum absolute atomic E-state index is 0.0792. The fourth-order valence-corrected chi connectivity index (χ4v) is 11.8. The molecule has 0 radical (unpaired) electrons. The van der Waals surface area contributed by atoms with Crippen LogP contribution < -0.4 is 4.90 Å². The molecular weight excluding hydrogens is 719 g/mol. The van der Waals surface area contributed by atoms with Crippen LogP contribution in [0.3, 0.4) is 0 Å². The third kappa shape index (κ3) is 4.61. The number of hydrogen-bond acceptors (Lipinski definition) is 2. The van der Waals surface area contributed by atoms with Gasteiger partial charge < -0.3 is 4.90 Å². The van der Waals surface area contributed by atoms with Crippen molar-refractivity contribution in [1.29, 1.82) is 0 Å². The van der Waals surface area contributed by atoms with Crippen LogP contribution in [0.5, 0.6) is 0 Å². The second-order valence-corrected chi connectivity index (χ2v) is 17.5. The number of rotatable bonds is 4. The molecule has 1 spiro atoms. The van der Waals surface area contributed by atoms with E-state index in [1.54, 1.807) is 0 Å². The quantitative estimate of drug-likeness (QED) is 0.176. The van der Waals surface area contributed by atoms with E-state index in [-0.39, 0.29) is 5.41 Å². The highest BCUT2D eigenvalue weighted by Crippen LogP contribution is 2.63. The maximum atomic E-state index is 2.49. The molecule has 0 saturated carbocycles. The Morgan fingerprint density at radius 3 is 1.69 bits per heavy atom. The minimum atomic E-state index is -0.436. The average Bonchev–Trinajstić information content (AvgIpc) is 3.70. The molecule has 9 aromatic rings. The number of para-hydroxylation sites is 1. The summed E-state index contributed by atoms with van der Waals surface area (Å²) in [6, 6.07) is 74.8. The Morgan fingerprint density at radius 1 is 0.379 bits per heavy atom. The molecule has 0 amide bonds. The second kappa shape index (κ2) is 12.4. The molecule has 2 aliphatic carbocycles. The molecule has 9 aromatic carbocycles. The maximum absolute atomic E-state index is 2.49. The van der Waals surface area contributed by atoms with Crippen LogP contribution >= 0.6 is 11.8 Å². The van der Waals surface area contributed by atoms with Gasteiger partial charge in [-0.1, -0.05) is 177 Å². The lowest BCUT2D eigenvalue weighted by Crippen LogP contribution is -2.32. The van der Waals surface area contributed by atoms with Gasteiger partial charge in [-0.25, -0.2) is 0 Å². The highest BCUT2D eigenvalue weighted by molar-refractivity contribution is 7.99. The van der Waals surface area contributed by atoms with Gasteiger partial charge in [-0.3, -0.25) is 0 Å². The van der Waals surface area contributed by atoms with Crippen LogP contribution in [0.4, 0.5) is 17.1 Å². The first-order valence-corrected chi connectivity index (χ1v) is 21.1. The SMILES string of the molecule is CC1(C)c2ccccc2-c2ccc(N(c3ccccc3)c3ccc(-c4ccc5c(c4)C4(c6ccccc6-c6ccccc64)c4ccc6ccccc6c4S5)cc3)cc21. The Hall–Kier alpha value is -6.61. The first kappa shape index (κ1) is 33.5. The summed E-state index contributed by atoms with van der Waals surface area (Å²) < 4.78 is 0. The Morgan fingerprint density at radius 2 is 0.948 bits per heavy atom. The van der Waals surface area contributed by atoms with Crippen LogP contribution in [-0.4, -0.2) is 0 Å². The molecule has 58 heavy (non-hydrogen) atoms. The van der Waals surface area contributed by atoms with E-state index < -0.39 is 5.41 Å². The number of hydrogen-bond donors (Lipinski definition) is 0. The normalized spacial score (nSPS) is 14.6. The van der Waals surface area contributed by atoms with E-state index in [0.717, 1.165) is 17.1 Å². The summed E-state index contributed by atoms with van der Waals surface area (Å²) in [5.74, 6) is 0. The van der Waals surface area contributed by atoms with Gasteiger partial charge in [-0.2, -0.15) is 0 Å². The molecule has 0 unspecified atom stereocenters. The summed E-state index contributed by atoms with van der Waals surface area (Å²) >= 11 is 1.93. The van der Waals surface area contributed by atoms with Crippen LogP contribution in [-0.2, 0) is 10.8 Å². The van der Waals surface area contributed by atoms with Gasteiger partial charge >= 0.3 is 0 Å². The maximum Gasteiger partial charge on any atom is 0.0735 e. The van der Waals surface area contributed by atoms with Crippen molar-refractivity contribution in [3.63, 3.8) is 0 Å². The molecule has 0 N–H and O–H groups in total. The number of nitrogens with zero attached hydrogens (tertiary/aromatic N) is 1. The van der Waals surface area contributed by atoms with Gasteiger partial charge in [0.2, 0.25) is 0 Å². The first-order valence-electron chi connectivity index (χ1n) is 20.3. The Bertz CT molecular complexity index is 3080. The van der Waals surface area contributed by atoms with Crippen molar-refractivity contribution in [2.45, 2.75) is 34.5 Å². The Kier molecular flexibility index (Phi) is 7.19. The molecule has 1 nitrogen and oxygen atoms in total. The van der Waals surface area contributed by atoms with E-state index in [0.29, 0.717) is 0 Å². The predicted octanol–water partition coefficient (Wildman–Crippen LogP) is 15.1. The van der Waals surface area contributed by atoms with Gasteiger partial charge in [0, 0.05) is 32.3 Å². The molecule has 0 saturated heterocycles. The minimum Gasteiger partial charge on any atom is -0.310 e. The molecule has 0 bridgehead atoms. The van der Waals surface area contributed by atoms with E-state index >= 15 is 0 Å². The summed E-state index contributed by atoms with van der Waals surface area (Å²) in [5, 5.41) is 2.60. The van der Waals surface area contributed by atoms with Gasteiger partial charge in [0.25, 0.3) is 0 Å². The Labute approximate surface area is 344 Å². The highest BCUT2D eigenvalue weighted by Gasteiger charge is 2.50. The zero-order valence-corrected chi connectivity index (χ0v) is 33.2. The van der Waals surface area contributed by atoms with Crippen molar-refractivity contribution in [2.24, 2.45) is 0 Å². The van der Waals surface area contributed by atoms with Crippen LogP contribution in [0.1, 0.15) is 47.2 Å². The molecule has 1 aliphatic heterocycles. The smallest absolute Gasteiger partial charge is 0.0735 e. The Balaban J connectivity index is 1.00. The van der Waals surface area contributed by atoms with Crippen molar-refractivity contribution >= 4 is 39.6 Å². The molecule has 2 heteroatoms.